The SMILES string of the molecule is Cc1cc(Oc2ccccc2)n(C)n1. The Morgan fingerprint density at radius 1 is 1.21 bits per heavy atom. The molecule has 0 fully saturated rings. The van der Waals surface area contributed by atoms with E-state index in [4.69, 9.17) is 4.74 Å². The van der Waals surface area contributed by atoms with Crippen molar-refractivity contribution in [1.29, 1.82) is 0 Å². The van der Waals surface area contributed by atoms with Crippen LogP contribution >= 0.6 is 0 Å². The van der Waals surface area contributed by atoms with Crippen LogP contribution in [0.5, 0.6) is 11.6 Å². The lowest BCUT2D eigenvalue weighted by Crippen LogP contribution is -1.94. The second-order valence-corrected chi connectivity index (χ2v) is 3.16. The van der Waals surface area contributed by atoms with Crippen LogP contribution in [0.4, 0.5) is 0 Å². The zero-order valence-corrected chi connectivity index (χ0v) is 8.27. The number of hydrogen-bond acceptors (Lipinski definition) is 2. The lowest BCUT2D eigenvalue weighted by atomic mass is 10.3. The summed E-state index contributed by atoms with van der Waals surface area (Å²) in [5, 5.41) is 4.20. The van der Waals surface area contributed by atoms with E-state index in [1.54, 1.807) is 4.68 Å². The molecule has 0 aliphatic heterocycles. The molecule has 0 N–H and O–H groups in total. The molecule has 3 heteroatoms. The number of ether oxygens (including phenoxy) is 1. The van der Waals surface area contributed by atoms with E-state index < -0.39 is 0 Å². The first-order chi connectivity index (χ1) is 6.75. The molecule has 0 aliphatic rings. The Labute approximate surface area is 82.9 Å². The minimum atomic E-state index is 0.758. The topological polar surface area (TPSA) is 27.1 Å². The lowest BCUT2D eigenvalue weighted by Gasteiger charge is -2.03. The molecule has 0 spiro atoms. The van der Waals surface area contributed by atoms with Crippen LogP contribution in [0.15, 0.2) is 36.4 Å². The Morgan fingerprint density at radius 2 is 1.93 bits per heavy atom. The van der Waals surface area contributed by atoms with E-state index in [0.29, 0.717) is 0 Å². The largest absolute Gasteiger partial charge is 0.439 e. The smallest absolute Gasteiger partial charge is 0.217 e. The van der Waals surface area contributed by atoms with Crippen LogP contribution < -0.4 is 4.74 Å². The molecule has 1 aromatic carbocycles. The van der Waals surface area contributed by atoms with Gasteiger partial charge in [0.2, 0.25) is 5.88 Å². The molecule has 2 rings (SSSR count). The number of rotatable bonds is 2. The fourth-order valence-electron chi connectivity index (χ4n) is 1.29. The summed E-state index contributed by atoms with van der Waals surface area (Å²) >= 11 is 0. The van der Waals surface area contributed by atoms with Crippen molar-refractivity contribution < 1.29 is 4.74 Å². The predicted molar refractivity (Wildman–Crippen MR) is 54.5 cm³/mol. The molecule has 3 nitrogen and oxygen atoms in total. The molecule has 0 saturated carbocycles. The molecule has 1 heterocycles. The summed E-state index contributed by atoms with van der Waals surface area (Å²) in [6.07, 6.45) is 0. The highest BCUT2D eigenvalue weighted by atomic mass is 16.5. The maximum absolute atomic E-state index is 5.63. The number of nitrogens with zero attached hydrogens (tertiary/aromatic N) is 2. The van der Waals surface area contributed by atoms with Crippen molar-refractivity contribution >= 4 is 0 Å². The van der Waals surface area contributed by atoms with Crippen molar-refractivity contribution in [2.75, 3.05) is 0 Å². The second kappa shape index (κ2) is 3.54. The van der Waals surface area contributed by atoms with Gasteiger partial charge in [0.25, 0.3) is 0 Å². The number of aromatic nitrogens is 2. The van der Waals surface area contributed by atoms with E-state index in [1.165, 1.54) is 0 Å². The highest BCUT2D eigenvalue weighted by molar-refractivity contribution is 5.27. The normalized spacial score (nSPS) is 10.1. The molecule has 0 unspecified atom stereocenters. The summed E-state index contributed by atoms with van der Waals surface area (Å²) < 4.78 is 7.35. The molecule has 0 amide bonds. The van der Waals surface area contributed by atoms with E-state index in [1.807, 2.05) is 50.4 Å². The number of para-hydroxylation sites is 1. The Kier molecular flexibility index (Phi) is 2.23. The third-order valence-corrected chi connectivity index (χ3v) is 1.92. The van der Waals surface area contributed by atoms with Gasteiger partial charge in [0, 0.05) is 13.1 Å². The maximum Gasteiger partial charge on any atom is 0.217 e. The zero-order valence-electron chi connectivity index (χ0n) is 8.27. The molecule has 0 radical (unpaired) electrons. The number of aryl methyl sites for hydroxylation is 2. The summed E-state index contributed by atoms with van der Waals surface area (Å²) in [5.74, 6) is 1.59. The van der Waals surface area contributed by atoms with E-state index in [0.717, 1.165) is 17.3 Å². The highest BCUT2D eigenvalue weighted by Gasteiger charge is 2.03. The van der Waals surface area contributed by atoms with Crippen molar-refractivity contribution in [3.8, 4) is 11.6 Å². The monoisotopic (exact) mass is 188 g/mol. The molecule has 2 aromatic rings. The third-order valence-electron chi connectivity index (χ3n) is 1.92. The summed E-state index contributed by atoms with van der Waals surface area (Å²) in [5.41, 5.74) is 0.957. The molecule has 1 aromatic heterocycles. The van der Waals surface area contributed by atoms with E-state index in [9.17, 15) is 0 Å². The Morgan fingerprint density at radius 3 is 2.50 bits per heavy atom. The van der Waals surface area contributed by atoms with Gasteiger partial charge < -0.3 is 4.74 Å². The second-order valence-electron chi connectivity index (χ2n) is 3.16. The molecule has 14 heavy (non-hydrogen) atoms. The van der Waals surface area contributed by atoms with Crippen LogP contribution in [0, 0.1) is 6.92 Å². The van der Waals surface area contributed by atoms with Crippen molar-refractivity contribution in [1.82, 2.24) is 9.78 Å². The number of hydrogen-bond donors (Lipinski definition) is 0. The lowest BCUT2D eigenvalue weighted by molar-refractivity contribution is 0.430. The molecule has 0 bridgehead atoms. The highest BCUT2D eigenvalue weighted by Crippen LogP contribution is 2.20. The molecule has 72 valence electrons. The van der Waals surface area contributed by atoms with Crippen molar-refractivity contribution in [2.24, 2.45) is 7.05 Å². The van der Waals surface area contributed by atoms with E-state index >= 15 is 0 Å². The summed E-state index contributed by atoms with van der Waals surface area (Å²) in [6, 6.07) is 11.6. The molecule has 0 saturated heterocycles. The van der Waals surface area contributed by atoms with Gasteiger partial charge in [-0.15, -0.1) is 0 Å². The van der Waals surface area contributed by atoms with Crippen LogP contribution in [0.3, 0.4) is 0 Å². The van der Waals surface area contributed by atoms with Crippen LogP contribution in [-0.2, 0) is 7.05 Å². The van der Waals surface area contributed by atoms with E-state index in [-0.39, 0.29) is 0 Å². The first kappa shape index (κ1) is 8.81. The Hall–Kier alpha value is -1.77. The average molecular weight is 188 g/mol. The van der Waals surface area contributed by atoms with Gasteiger partial charge in [-0.25, -0.2) is 4.68 Å². The maximum atomic E-state index is 5.63. The van der Waals surface area contributed by atoms with Gasteiger partial charge in [0.05, 0.1) is 5.69 Å². The fourth-order valence-corrected chi connectivity index (χ4v) is 1.29. The average Bonchev–Trinajstić information content (AvgIpc) is 2.47. The molecular formula is C11H12N2O. The zero-order chi connectivity index (χ0) is 9.97. The van der Waals surface area contributed by atoms with E-state index in [2.05, 4.69) is 5.10 Å². The fraction of sp³-hybridized carbons (Fsp3) is 0.182. The molecular weight excluding hydrogens is 176 g/mol. The summed E-state index contributed by atoms with van der Waals surface area (Å²) in [6.45, 7) is 1.94. The van der Waals surface area contributed by atoms with Crippen molar-refractivity contribution in [3.05, 3.63) is 42.1 Å². The number of benzene rings is 1. The summed E-state index contributed by atoms with van der Waals surface area (Å²) in [4.78, 5) is 0. The van der Waals surface area contributed by atoms with Gasteiger partial charge in [-0.3, -0.25) is 0 Å². The quantitative estimate of drug-likeness (QED) is 0.724. The first-order valence-corrected chi connectivity index (χ1v) is 4.49. The van der Waals surface area contributed by atoms with Gasteiger partial charge in [-0.05, 0) is 19.1 Å². The van der Waals surface area contributed by atoms with Crippen LogP contribution in [0.1, 0.15) is 5.69 Å². The molecule has 0 atom stereocenters. The Bertz CT molecular complexity index is 420. The first-order valence-electron chi connectivity index (χ1n) is 4.49. The predicted octanol–water partition coefficient (Wildman–Crippen LogP) is 2.52. The van der Waals surface area contributed by atoms with Gasteiger partial charge in [0.1, 0.15) is 5.75 Å². The van der Waals surface area contributed by atoms with Crippen molar-refractivity contribution in [2.45, 2.75) is 6.92 Å². The minimum Gasteiger partial charge on any atom is -0.439 e. The third kappa shape index (κ3) is 1.76. The van der Waals surface area contributed by atoms with Crippen LogP contribution in [-0.4, -0.2) is 9.78 Å². The van der Waals surface area contributed by atoms with Gasteiger partial charge >= 0.3 is 0 Å². The van der Waals surface area contributed by atoms with Crippen LogP contribution in [0.2, 0.25) is 0 Å². The van der Waals surface area contributed by atoms with Gasteiger partial charge in [0.15, 0.2) is 0 Å². The van der Waals surface area contributed by atoms with Gasteiger partial charge in [-0.1, -0.05) is 18.2 Å². The summed E-state index contributed by atoms with van der Waals surface area (Å²) in [7, 11) is 1.87. The minimum absolute atomic E-state index is 0.758. The molecule has 0 aliphatic carbocycles. The standard InChI is InChI=1S/C11H12N2O/c1-9-8-11(13(2)12-9)14-10-6-4-3-5-7-10/h3-8H,1-2H3. The van der Waals surface area contributed by atoms with Gasteiger partial charge in [-0.2, -0.15) is 5.10 Å². The van der Waals surface area contributed by atoms with Crippen molar-refractivity contribution in [3.63, 3.8) is 0 Å². The van der Waals surface area contributed by atoms with Crippen LogP contribution in [0.25, 0.3) is 0 Å². The Balaban J connectivity index is 2.23.